The number of benzene rings is 3. The van der Waals surface area contributed by atoms with Crippen LogP contribution in [0.1, 0.15) is 29.2 Å². The summed E-state index contributed by atoms with van der Waals surface area (Å²) >= 11 is 0. The van der Waals surface area contributed by atoms with E-state index >= 15 is 0 Å². The van der Waals surface area contributed by atoms with Crippen molar-refractivity contribution in [1.82, 2.24) is 16.0 Å². The highest BCUT2D eigenvalue weighted by molar-refractivity contribution is 5.94. The van der Waals surface area contributed by atoms with Crippen LogP contribution in [0.3, 0.4) is 0 Å². The third-order valence-corrected chi connectivity index (χ3v) is 4.52. The first-order valence-corrected chi connectivity index (χ1v) is 9.67. The van der Waals surface area contributed by atoms with E-state index < -0.39 is 6.03 Å². The van der Waals surface area contributed by atoms with Crippen LogP contribution in [-0.2, 0) is 11.3 Å². The number of urea groups is 1. The normalized spacial score (nSPS) is 10.5. The van der Waals surface area contributed by atoms with E-state index in [1.807, 2.05) is 66.7 Å². The summed E-state index contributed by atoms with van der Waals surface area (Å²) in [6, 6.07) is 29.2. The minimum absolute atomic E-state index is 0.0166. The summed E-state index contributed by atoms with van der Waals surface area (Å²) in [4.78, 5) is 24.0. The van der Waals surface area contributed by atoms with Gasteiger partial charge in [0.05, 0.1) is 6.04 Å². The first kappa shape index (κ1) is 20.3. The van der Waals surface area contributed by atoms with Crippen molar-refractivity contribution in [3.63, 3.8) is 0 Å². The molecule has 5 heteroatoms. The Balaban J connectivity index is 1.48. The van der Waals surface area contributed by atoms with Crippen LogP contribution in [-0.4, -0.2) is 18.5 Å². The minimum Gasteiger partial charge on any atom is -0.334 e. The van der Waals surface area contributed by atoms with E-state index in [0.717, 1.165) is 16.7 Å². The summed E-state index contributed by atoms with van der Waals surface area (Å²) in [6.45, 7) is 0.828. The van der Waals surface area contributed by atoms with Crippen molar-refractivity contribution in [3.05, 3.63) is 108 Å². The standard InChI is InChI=1S/C24H25N3O2/c28-22(27-24(29)26-18-19-10-4-1-5-11-19)16-17-25-23(20-12-6-2-7-13-20)21-14-8-3-9-15-21/h1-15,23,25H,16-18H2,(H2,26,27,28,29). The van der Waals surface area contributed by atoms with E-state index in [1.54, 1.807) is 0 Å². The lowest BCUT2D eigenvalue weighted by molar-refractivity contribution is -0.119. The summed E-state index contributed by atoms with van der Waals surface area (Å²) in [6.07, 6.45) is 0.203. The van der Waals surface area contributed by atoms with Crippen molar-refractivity contribution in [2.45, 2.75) is 19.0 Å². The molecule has 0 saturated heterocycles. The average Bonchev–Trinajstić information content (AvgIpc) is 2.77. The quantitative estimate of drug-likeness (QED) is 0.551. The van der Waals surface area contributed by atoms with E-state index in [9.17, 15) is 9.59 Å². The lowest BCUT2D eigenvalue weighted by Crippen LogP contribution is -2.40. The summed E-state index contributed by atoms with van der Waals surface area (Å²) in [5, 5.41) is 8.49. The Morgan fingerprint density at radius 1 is 0.724 bits per heavy atom. The Morgan fingerprint density at radius 3 is 1.79 bits per heavy atom. The Hall–Kier alpha value is -3.44. The maximum absolute atomic E-state index is 12.1. The monoisotopic (exact) mass is 387 g/mol. The lowest BCUT2D eigenvalue weighted by Gasteiger charge is -2.19. The van der Waals surface area contributed by atoms with Crippen LogP contribution in [0.5, 0.6) is 0 Å². The Morgan fingerprint density at radius 2 is 1.24 bits per heavy atom. The SMILES string of the molecule is O=C(CCNC(c1ccccc1)c1ccccc1)NC(=O)NCc1ccccc1. The highest BCUT2D eigenvalue weighted by Crippen LogP contribution is 2.21. The molecule has 0 aromatic heterocycles. The zero-order valence-electron chi connectivity index (χ0n) is 16.2. The van der Waals surface area contributed by atoms with Gasteiger partial charge < -0.3 is 10.6 Å². The second kappa shape index (κ2) is 10.8. The van der Waals surface area contributed by atoms with Gasteiger partial charge in [0, 0.05) is 19.5 Å². The number of amides is 3. The van der Waals surface area contributed by atoms with Crippen LogP contribution in [0, 0.1) is 0 Å². The van der Waals surface area contributed by atoms with Gasteiger partial charge in [-0.2, -0.15) is 0 Å². The largest absolute Gasteiger partial charge is 0.334 e. The fourth-order valence-electron chi connectivity index (χ4n) is 3.06. The molecule has 0 aliphatic rings. The molecule has 0 radical (unpaired) electrons. The van der Waals surface area contributed by atoms with Crippen LogP contribution in [0.25, 0.3) is 0 Å². The highest BCUT2D eigenvalue weighted by atomic mass is 16.2. The molecule has 29 heavy (non-hydrogen) atoms. The third kappa shape index (κ3) is 6.59. The molecular weight excluding hydrogens is 362 g/mol. The first-order valence-electron chi connectivity index (χ1n) is 9.67. The van der Waals surface area contributed by atoms with Gasteiger partial charge in [0.25, 0.3) is 0 Å². The molecule has 148 valence electrons. The van der Waals surface area contributed by atoms with Crippen LogP contribution in [0.4, 0.5) is 4.79 Å². The number of rotatable bonds is 8. The Labute approximate surface area is 171 Å². The van der Waals surface area contributed by atoms with Crippen molar-refractivity contribution in [2.24, 2.45) is 0 Å². The zero-order valence-corrected chi connectivity index (χ0v) is 16.2. The van der Waals surface area contributed by atoms with Gasteiger partial charge in [-0.15, -0.1) is 0 Å². The molecule has 0 atom stereocenters. The number of hydrogen-bond donors (Lipinski definition) is 3. The van der Waals surface area contributed by atoms with Gasteiger partial charge in [-0.25, -0.2) is 4.79 Å². The number of hydrogen-bond acceptors (Lipinski definition) is 3. The molecule has 0 saturated carbocycles. The fourth-order valence-corrected chi connectivity index (χ4v) is 3.06. The van der Waals surface area contributed by atoms with Gasteiger partial charge in [-0.1, -0.05) is 91.0 Å². The van der Waals surface area contributed by atoms with Gasteiger partial charge in [-0.3, -0.25) is 10.1 Å². The van der Waals surface area contributed by atoms with E-state index in [2.05, 4.69) is 40.2 Å². The summed E-state index contributed by atoms with van der Waals surface area (Å²) in [5.41, 5.74) is 3.23. The summed E-state index contributed by atoms with van der Waals surface area (Å²) in [5.74, 6) is -0.317. The summed E-state index contributed by atoms with van der Waals surface area (Å²) in [7, 11) is 0. The van der Waals surface area contributed by atoms with Crippen molar-refractivity contribution < 1.29 is 9.59 Å². The van der Waals surface area contributed by atoms with Crippen LogP contribution in [0.2, 0.25) is 0 Å². The first-order chi connectivity index (χ1) is 14.2. The Kier molecular flexibility index (Phi) is 7.55. The van der Waals surface area contributed by atoms with Crippen molar-refractivity contribution in [2.75, 3.05) is 6.54 Å². The second-order valence-corrected chi connectivity index (χ2v) is 6.67. The molecular formula is C24H25N3O2. The fraction of sp³-hybridized carbons (Fsp3) is 0.167. The maximum Gasteiger partial charge on any atom is 0.321 e. The molecule has 0 unspecified atom stereocenters. The van der Waals surface area contributed by atoms with Crippen molar-refractivity contribution in [1.29, 1.82) is 0 Å². The molecule has 3 N–H and O–H groups in total. The predicted molar refractivity (Wildman–Crippen MR) is 114 cm³/mol. The van der Waals surface area contributed by atoms with Crippen LogP contribution >= 0.6 is 0 Å². The second-order valence-electron chi connectivity index (χ2n) is 6.67. The van der Waals surface area contributed by atoms with Gasteiger partial charge in [0.2, 0.25) is 5.91 Å². The molecule has 3 aromatic rings. The molecule has 0 heterocycles. The van der Waals surface area contributed by atoms with Gasteiger partial charge >= 0.3 is 6.03 Å². The number of carbonyl (C=O) groups excluding carboxylic acids is 2. The van der Waals surface area contributed by atoms with Gasteiger partial charge in [-0.05, 0) is 16.7 Å². The molecule has 0 fully saturated rings. The topological polar surface area (TPSA) is 70.2 Å². The Bertz CT molecular complexity index is 860. The average molecular weight is 387 g/mol. The molecule has 0 aliphatic carbocycles. The van der Waals surface area contributed by atoms with Crippen molar-refractivity contribution in [3.8, 4) is 0 Å². The zero-order chi connectivity index (χ0) is 20.3. The molecule has 3 amide bonds. The maximum atomic E-state index is 12.1. The smallest absolute Gasteiger partial charge is 0.321 e. The molecule has 5 nitrogen and oxygen atoms in total. The number of nitrogens with one attached hydrogen (secondary N) is 3. The predicted octanol–water partition coefficient (Wildman–Crippen LogP) is 3.78. The molecule has 0 aliphatic heterocycles. The minimum atomic E-state index is -0.485. The van der Waals surface area contributed by atoms with Crippen LogP contribution in [0.15, 0.2) is 91.0 Å². The molecule has 3 rings (SSSR count). The molecule has 0 spiro atoms. The van der Waals surface area contributed by atoms with E-state index in [-0.39, 0.29) is 18.4 Å². The third-order valence-electron chi connectivity index (χ3n) is 4.52. The van der Waals surface area contributed by atoms with Gasteiger partial charge in [0.1, 0.15) is 0 Å². The van der Waals surface area contributed by atoms with Gasteiger partial charge in [0.15, 0.2) is 0 Å². The van der Waals surface area contributed by atoms with E-state index in [1.165, 1.54) is 0 Å². The lowest BCUT2D eigenvalue weighted by atomic mass is 9.98. The van der Waals surface area contributed by atoms with E-state index in [0.29, 0.717) is 13.1 Å². The number of carbonyl (C=O) groups is 2. The molecule has 3 aromatic carbocycles. The summed E-state index contributed by atoms with van der Waals surface area (Å²) < 4.78 is 0. The molecule has 0 bridgehead atoms. The van der Waals surface area contributed by atoms with Crippen molar-refractivity contribution >= 4 is 11.9 Å². The van der Waals surface area contributed by atoms with E-state index in [4.69, 9.17) is 0 Å². The highest BCUT2D eigenvalue weighted by Gasteiger charge is 2.14. The van der Waals surface area contributed by atoms with Crippen LogP contribution < -0.4 is 16.0 Å². The number of imide groups is 1.